The van der Waals surface area contributed by atoms with Crippen molar-refractivity contribution in [1.29, 1.82) is 0 Å². The van der Waals surface area contributed by atoms with E-state index in [1.54, 1.807) is 24.3 Å². The molecule has 0 aliphatic carbocycles. The number of nitrogens with zero attached hydrogens (tertiary/aromatic N) is 1. The molecule has 0 fully saturated rings. The van der Waals surface area contributed by atoms with Crippen molar-refractivity contribution in [2.45, 2.75) is 4.21 Å². The fourth-order valence-electron chi connectivity index (χ4n) is 2.95. The fourth-order valence-corrected chi connectivity index (χ4v) is 5.60. The van der Waals surface area contributed by atoms with Gasteiger partial charge in [0.25, 0.3) is 21.8 Å². The number of nitrogens with one attached hydrogen (secondary N) is 2. The average molecular weight is 496 g/mol. The molecule has 1 aromatic heterocycles. The second-order valence-electron chi connectivity index (χ2n) is 6.28. The van der Waals surface area contributed by atoms with Crippen LogP contribution < -0.4 is 14.9 Å². The number of halogens is 2. The molecule has 0 radical (unpaired) electrons. The minimum absolute atomic E-state index is 0.0141. The molecule has 0 atom stereocenters. The molecule has 0 saturated heterocycles. The van der Waals surface area contributed by atoms with Gasteiger partial charge in [0.05, 0.1) is 26.2 Å². The summed E-state index contributed by atoms with van der Waals surface area (Å²) in [6, 6.07) is 12.1. The van der Waals surface area contributed by atoms with E-state index in [1.807, 2.05) is 4.72 Å². The zero-order valence-corrected chi connectivity index (χ0v) is 18.4. The van der Waals surface area contributed by atoms with Gasteiger partial charge in [0.2, 0.25) is 0 Å². The molecule has 2 aromatic carbocycles. The fraction of sp³-hybridized carbons (Fsp3) is 0. The highest BCUT2D eigenvalue weighted by Crippen LogP contribution is 2.35. The summed E-state index contributed by atoms with van der Waals surface area (Å²) in [6.45, 7) is 0. The van der Waals surface area contributed by atoms with Gasteiger partial charge in [-0.15, -0.1) is 11.3 Å². The molecule has 4 rings (SSSR count). The first kappa shape index (κ1) is 21.3. The summed E-state index contributed by atoms with van der Waals surface area (Å²) in [5.41, 5.74) is 0.829. The highest BCUT2D eigenvalue weighted by Gasteiger charge is 2.37. The van der Waals surface area contributed by atoms with Gasteiger partial charge in [-0.2, -0.15) is 0 Å². The van der Waals surface area contributed by atoms with Gasteiger partial charge in [-0.05, 0) is 42.5 Å². The Balaban J connectivity index is 1.52. The molecule has 8 nitrogen and oxygen atoms in total. The van der Waals surface area contributed by atoms with Crippen molar-refractivity contribution in [3.63, 3.8) is 0 Å². The molecule has 2 heterocycles. The van der Waals surface area contributed by atoms with E-state index < -0.39 is 27.9 Å². The summed E-state index contributed by atoms with van der Waals surface area (Å²) in [7, 11) is -4.09. The third-order valence-electron chi connectivity index (χ3n) is 4.28. The van der Waals surface area contributed by atoms with Gasteiger partial charge >= 0.3 is 6.03 Å². The van der Waals surface area contributed by atoms with E-state index in [0.717, 1.165) is 16.2 Å². The molecule has 3 aromatic rings. The highest BCUT2D eigenvalue weighted by molar-refractivity contribution is 7.92. The highest BCUT2D eigenvalue weighted by atomic mass is 35.5. The molecule has 1 aliphatic rings. The number of hydrogen-bond acceptors (Lipinski definition) is 6. The number of fused-ring (bicyclic) bond motifs is 1. The molecule has 0 saturated carbocycles. The van der Waals surface area contributed by atoms with Crippen LogP contribution in [0.1, 0.15) is 20.7 Å². The van der Waals surface area contributed by atoms with Crippen LogP contribution in [0.3, 0.4) is 0 Å². The normalized spacial score (nSPS) is 13.3. The Morgan fingerprint density at radius 2 is 1.58 bits per heavy atom. The third kappa shape index (κ3) is 4.02. The number of carbonyl (C=O) groups is 3. The van der Waals surface area contributed by atoms with Crippen molar-refractivity contribution in [2.24, 2.45) is 0 Å². The van der Waals surface area contributed by atoms with E-state index in [0.29, 0.717) is 0 Å². The van der Waals surface area contributed by atoms with Crippen LogP contribution in [0, 0.1) is 0 Å². The van der Waals surface area contributed by atoms with Gasteiger partial charge in [0.1, 0.15) is 4.21 Å². The number of rotatable bonds is 4. The van der Waals surface area contributed by atoms with Crippen LogP contribution >= 0.6 is 34.5 Å². The van der Waals surface area contributed by atoms with E-state index in [2.05, 4.69) is 5.32 Å². The summed E-state index contributed by atoms with van der Waals surface area (Å²) in [5.74, 6) is -1.02. The number of benzene rings is 2. The summed E-state index contributed by atoms with van der Waals surface area (Å²) >= 11 is 12.8. The number of sulfonamides is 1. The standard InChI is InChI=1S/C19H11Cl2N3O5S2/c20-13-9-10(22-19(27)23-31(28,29)16-8-7-15(21)30-16)5-6-14(13)24-17(25)11-3-1-2-4-12(11)18(24)26/h1-9H,(H2,22,23,27). The van der Waals surface area contributed by atoms with Gasteiger partial charge < -0.3 is 5.32 Å². The lowest BCUT2D eigenvalue weighted by molar-refractivity contribution is 0.0926. The van der Waals surface area contributed by atoms with E-state index in [1.165, 1.54) is 30.3 Å². The lowest BCUT2D eigenvalue weighted by Gasteiger charge is -2.16. The predicted octanol–water partition coefficient (Wildman–Crippen LogP) is 4.37. The summed E-state index contributed by atoms with van der Waals surface area (Å²) in [5, 5.41) is 2.36. The topological polar surface area (TPSA) is 113 Å². The molecule has 1 aliphatic heterocycles. The number of urea groups is 1. The Labute approximate surface area is 190 Å². The maximum absolute atomic E-state index is 12.6. The van der Waals surface area contributed by atoms with Crippen molar-refractivity contribution < 1.29 is 22.8 Å². The first-order valence-corrected chi connectivity index (χ1v) is 11.6. The lowest BCUT2D eigenvalue weighted by atomic mass is 10.1. The van der Waals surface area contributed by atoms with Gasteiger partial charge in [0.15, 0.2) is 0 Å². The SMILES string of the molecule is O=C(Nc1ccc(N2C(=O)c3ccccc3C2=O)c(Cl)c1)NS(=O)(=O)c1ccc(Cl)s1. The van der Waals surface area contributed by atoms with E-state index in [4.69, 9.17) is 23.2 Å². The molecule has 2 N–H and O–H groups in total. The minimum Gasteiger partial charge on any atom is -0.307 e. The van der Waals surface area contributed by atoms with Crippen LogP contribution in [0.5, 0.6) is 0 Å². The first-order chi connectivity index (χ1) is 14.7. The maximum Gasteiger partial charge on any atom is 0.333 e. The number of hydrogen-bond donors (Lipinski definition) is 2. The summed E-state index contributed by atoms with van der Waals surface area (Å²) in [4.78, 5) is 38.3. The monoisotopic (exact) mass is 495 g/mol. The average Bonchev–Trinajstić information content (AvgIpc) is 3.25. The molecule has 0 spiro atoms. The number of imide groups is 1. The Morgan fingerprint density at radius 3 is 2.13 bits per heavy atom. The Hall–Kier alpha value is -2.92. The van der Waals surface area contributed by atoms with Crippen molar-refractivity contribution in [3.05, 3.63) is 75.1 Å². The number of carbonyl (C=O) groups excluding carboxylic acids is 3. The lowest BCUT2D eigenvalue weighted by Crippen LogP contribution is -2.34. The molecule has 0 bridgehead atoms. The van der Waals surface area contributed by atoms with Gasteiger partial charge in [0, 0.05) is 5.69 Å². The van der Waals surface area contributed by atoms with Crippen molar-refractivity contribution in [1.82, 2.24) is 4.72 Å². The largest absolute Gasteiger partial charge is 0.333 e. The Kier molecular flexibility index (Phi) is 5.48. The van der Waals surface area contributed by atoms with Gasteiger partial charge in [-0.3, -0.25) is 9.59 Å². The molecule has 0 unspecified atom stereocenters. The second-order valence-corrected chi connectivity index (χ2v) is 10.3. The van der Waals surface area contributed by atoms with Crippen molar-refractivity contribution >= 4 is 73.8 Å². The zero-order chi connectivity index (χ0) is 22.3. The van der Waals surface area contributed by atoms with Crippen LogP contribution in [-0.4, -0.2) is 26.3 Å². The zero-order valence-electron chi connectivity index (χ0n) is 15.3. The molecular weight excluding hydrogens is 485 g/mol. The predicted molar refractivity (Wildman–Crippen MR) is 118 cm³/mol. The summed E-state index contributed by atoms with van der Waals surface area (Å²) < 4.78 is 26.4. The number of thiophene rings is 1. The van der Waals surface area contributed by atoms with E-state index in [-0.39, 0.29) is 36.1 Å². The van der Waals surface area contributed by atoms with Crippen LogP contribution in [0.25, 0.3) is 0 Å². The Bertz CT molecular complexity index is 1320. The minimum atomic E-state index is -4.09. The molecule has 12 heteroatoms. The first-order valence-electron chi connectivity index (χ1n) is 8.54. The van der Waals surface area contributed by atoms with Gasteiger partial charge in [-0.1, -0.05) is 35.3 Å². The van der Waals surface area contributed by atoms with Gasteiger partial charge in [-0.25, -0.2) is 22.8 Å². The van der Waals surface area contributed by atoms with E-state index in [9.17, 15) is 22.8 Å². The van der Waals surface area contributed by atoms with Crippen LogP contribution in [0.4, 0.5) is 16.2 Å². The maximum atomic E-state index is 12.6. The molecular formula is C19H11Cl2N3O5S2. The summed E-state index contributed by atoms with van der Waals surface area (Å²) in [6.07, 6.45) is 0. The molecule has 158 valence electrons. The Morgan fingerprint density at radius 1 is 0.935 bits per heavy atom. The smallest absolute Gasteiger partial charge is 0.307 e. The van der Waals surface area contributed by atoms with Crippen molar-refractivity contribution in [2.75, 3.05) is 10.2 Å². The van der Waals surface area contributed by atoms with Crippen LogP contribution in [0.15, 0.2) is 58.8 Å². The van der Waals surface area contributed by atoms with Crippen LogP contribution in [-0.2, 0) is 10.0 Å². The number of anilines is 2. The van der Waals surface area contributed by atoms with E-state index >= 15 is 0 Å². The van der Waals surface area contributed by atoms with Crippen LogP contribution in [0.2, 0.25) is 9.36 Å². The quantitative estimate of drug-likeness (QED) is 0.521. The van der Waals surface area contributed by atoms with Crippen molar-refractivity contribution in [3.8, 4) is 0 Å². The number of amides is 4. The molecule has 4 amide bonds. The molecule has 31 heavy (non-hydrogen) atoms. The third-order valence-corrected chi connectivity index (χ3v) is 7.64. The second kappa shape index (κ2) is 7.97.